The molecule has 0 spiro atoms. The van der Waals surface area contributed by atoms with Crippen molar-refractivity contribution in [3.05, 3.63) is 17.7 Å². The third-order valence-electron chi connectivity index (χ3n) is 1.32. The summed E-state index contributed by atoms with van der Waals surface area (Å²) < 4.78 is 0. The normalized spacial score (nSPS) is 8.71. The zero-order valence-corrected chi connectivity index (χ0v) is 13.5. The SMILES string of the molecule is O=C(O)c1cc(O)c(O)c(O)c1.[I][BiH2]. The van der Waals surface area contributed by atoms with E-state index in [9.17, 15) is 4.79 Å². The molecule has 1 rings (SSSR count). The van der Waals surface area contributed by atoms with E-state index in [4.69, 9.17) is 20.4 Å². The average molecular weight is 508 g/mol. The molecule has 5 nitrogen and oxygen atoms in total. The Morgan fingerprint density at radius 3 is 1.79 bits per heavy atom. The minimum atomic E-state index is -1.29. The maximum absolute atomic E-state index is 10.3. The van der Waals surface area contributed by atoms with E-state index in [2.05, 4.69) is 18.0 Å². The van der Waals surface area contributed by atoms with Crippen LogP contribution in [0.3, 0.4) is 0 Å². The van der Waals surface area contributed by atoms with Crippen LogP contribution in [-0.2, 0) is 0 Å². The van der Waals surface area contributed by atoms with Crippen LogP contribution in [0.5, 0.6) is 17.2 Å². The van der Waals surface area contributed by atoms with Gasteiger partial charge in [0.1, 0.15) is 0 Å². The first-order chi connectivity index (χ1) is 6.52. The molecule has 1 aromatic carbocycles. The van der Waals surface area contributed by atoms with Gasteiger partial charge < -0.3 is 20.4 Å². The summed E-state index contributed by atoms with van der Waals surface area (Å²) in [4.78, 5) is 10.3. The molecule has 0 atom stereocenters. The number of hydrogen-bond acceptors (Lipinski definition) is 4. The molecule has 0 aliphatic carbocycles. The van der Waals surface area contributed by atoms with Crippen molar-refractivity contribution in [1.29, 1.82) is 0 Å². The van der Waals surface area contributed by atoms with Crippen molar-refractivity contribution < 1.29 is 25.2 Å². The van der Waals surface area contributed by atoms with Crippen LogP contribution < -0.4 is 0 Å². The molecule has 78 valence electrons. The monoisotopic (exact) mass is 508 g/mol. The van der Waals surface area contributed by atoms with E-state index in [1.165, 1.54) is 0 Å². The van der Waals surface area contributed by atoms with Crippen LogP contribution in [0.15, 0.2) is 12.1 Å². The Balaban J connectivity index is 0.000000791. The molecule has 7 heteroatoms. The number of phenols is 3. The molecular weight excluding hydrogens is 500 g/mol. The summed E-state index contributed by atoms with van der Waals surface area (Å²) in [5.74, 6) is -3.33. The Labute approximate surface area is 104 Å². The van der Waals surface area contributed by atoms with E-state index in [-0.39, 0.29) is 5.56 Å². The number of carbonyl (C=O) groups is 1. The minimum absolute atomic E-state index is 0.289. The average Bonchev–Trinajstić information content (AvgIpc) is 2.16. The van der Waals surface area contributed by atoms with Gasteiger partial charge in [0.05, 0.1) is 5.56 Å². The van der Waals surface area contributed by atoms with Crippen molar-refractivity contribution in [2.45, 2.75) is 0 Å². The summed E-state index contributed by atoms with van der Waals surface area (Å²) in [5, 5.41) is 35.0. The fourth-order valence-corrected chi connectivity index (χ4v) is 0.728. The van der Waals surface area contributed by atoms with Crippen molar-refractivity contribution in [3.63, 3.8) is 0 Å². The molecule has 0 unspecified atom stereocenters. The Hall–Kier alpha value is -0.297. The van der Waals surface area contributed by atoms with Crippen LogP contribution in [0.2, 0.25) is 0 Å². The molecule has 14 heavy (non-hydrogen) atoms. The van der Waals surface area contributed by atoms with E-state index in [0.29, 0.717) is 0 Å². The van der Waals surface area contributed by atoms with Gasteiger partial charge in [-0.25, -0.2) is 4.79 Å². The Morgan fingerprint density at radius 2 is 1.50 bits per heavy atom. The Morgan fingerprint density at radius 1 is 1.14 bits per heavy atom. The number of aromatic carboxylic acids is 1. The second kappa shape index (κ2) is 6.24. The number of phenolic OH excluding ortho intramolecular Hbond substituents is 3. The maximum atomic E-state index is 10.3. The summed E-state index contributed by atoms with van der Waals surface area (Å²) in [7, 11) is 0. The first kappa shape index (κ1) is 13.7. The third kappa shape index (κ3) is 3.45. The number of aromatic hydroxyl groups is 3. The summed E-state index contributed by atoms with van der Waals surface area (Å²) in [5.41, 5.74) is -0.289. The van der Waals surface area contributed by atoms with Crippen molar-refractivity contribution in [2.24, 2.45) is 0 Å². The molecule has 0 bridgehead atoms. The first-order valence-electron chi connectivity index (χ1n) is 3.22. The number of rotatable bonds is 1. The molecule has 0 amide bonds. The molecule has 0 saturated heterocycles. The quantitative estimate of drug-likeness (QED) is 0.252. The third-order valence-corrected chi connectivity index (χ3v) is 1.32. The zero-order chi connectivity index (χ0) is 11.3. The zero-order valence-electron chi connectivity index (χ0n) is 6.81. The van der Waals surface area contributed by atoms with Gasteiger partial charge in [0, 0.05) is 0 Å². The van der Waals surface area contributed by atoms with Crippen molar-refractivity contribution in [3.8, 4) is 17.2 Å². The van der Waals surface area contributed by atoms with Crippen LogP contribution >= 0.6 is 18.0 Å². The first-order valence-corrected chi connectivity index (χ1v) is 15.8. The van der Waals surface area contributed by atoms with E-state index in [1.807, 2.05) is 0 Å². The summed E-state index contributed by atoms with van der Waals surface area (Å²) in [6.07, 6.45) is 0. The molecule has 0 fully saturated rings. The second-order valence-electron chi connectivity index (χ2n) is 2.17. The standard InChI is InChI=1S/C7H6O5.Bi.HI.2H/c8-4-1-3(7(11)12)2-5(9)6(4)10;;;;/h1-2,8-10H,(H,11,12);;1H;;/q;+1;;;/p-1. The fraction of sp³-hybridized carbons (Fsp3) is 0. The van der Waals surface area contributed by atoms with Crippen LogP contribution in [0.1, 0.15) is 10.4 Å². The van der Waals surface area contributed by atoms with E-state index >= 15 is 0 Å². The van der Waals surface area contributed by atoms with E-state index in [1.54, 1.807) is 0 Å². The van der Waals surface area contributed by atoms with Gasteiger partial charge in [-0.2, -0.15) is 0 Å². The molecule has 0 aromatic heterocycles. The van der Waals surface area contributed by atoms with E-state index in [0.717, 1.165) is 32.7 Å². The summed E-state index contributed by atoms with van der Waals surface area (Å²) in [6, 6.07) is 1.69. The number of benzene rings is 1. The summed E-state index contributed by atoms with van der Waals surface area (Å²) >= 11 is 3.45. The van der Waals surface area contributed by atoms with Crippen LogP contribution in [0.25, 0.3) is 0 Å². The van der Waals surface area contributed by atoms with Gasteiger partial charge >= 0.3 is 44.5 Å². The fourth-order valence-electron chi connectivity index (χ4n) is 0.728. The predicted molar refractivity (Wildman–Crippen MR) is 61.0 cm³/mol. The number of carboxylic acids is 1. The van der Waals surface area contributed by atoms with E-state index < -0.39 is 23.2 Å². The molecule has 4 N–H and O–H groups in total. The van der Waals surface area contributed by atoms with Crippen molar-refractivity contribution >= 4 is 44.5 Å². The van der Waals surface area contributed by atoms with Crippen LogP contribution in [-0.4, -0.2) is 46.9 Å². The van der Waals surface area contributed by atoms with Gasteiger partial charge in [-0.15, -0.1) is 0 Å². The number of halogens is 1. The number of hydrogen-bond donors (Lipinski definition) is 4. The molecule has 0 aliphatic rings. The van der Waals surface area contributed by atoms with Crippen LogP contribution in [0, 0.1) is 0 Å². The van der Waals surface area contributed by atoms with Crippen molar-refractivity contribution in [2.75, 3.05) is 0 Å². The topological polar surface area (TPSA) is 98.0 Å². The molecule has 0 saturated carbocycles. The molecule has 1 aromatic rings. The van der Waals surface area contributed by atoms with Crippen LogP contribution in [0.4, 0.5) is 0 Å². The molecular formula is C7H8BiIO5. The Bertz CT molecular complexity index is 318. The molecule has 0 heterocycles. The second-order valence-corrected chi connectivity index (χ2v) is 2.17. The number of carboxylic acid groups (broad SMARTS) is 1. The van der Waals surface area contributed by atoms with Gasteiger partial charge in [-0.1, -0.05) is 0 Å². The van der Waals surface area contributed by atoms with Gasteiger partial charge in [0.25, 0.3) is 0 Å². The Kier molecular flexibility index (Phi) is 6.10. The molecule has 0 aliphatic heterocycles. The van der Waals surface area contributed by atoms with Gasteiger partial charge in [0.15, 0.2) is 17.2 Å². The van der Waals surface area contributed by atoms with Crippen molar-refractivity contribution in [1.82, 2.24) is 0 Å². The van der Waals surface area contributed by atoms with Gasteiger partial charge in [-0.3, -0.25) is 0 Å². The van der Waals surface area contributed by atoms with Gasteiger partial charge in [0.2, 0.25) is 0 Å². The summed E-state index contributed by atoms with van der Waals surface area (Å²) in [6.45, 7) is 0. The predicted octanol–water partition coefficient (Wildman–Crippen LogP) is 0.471. The van der Waals surface area contributed by atoms with Gasteiger partial charge in [-0.05, 0) is 12.1 Å². The molecule has 0 radical (unpaired) electrons.